The molecule has 0 aliphatic heterocycles. The van der Waals surface area contributed by atoms with Gasteiger partial charge in [-0.2, -0.15) is 0 Å². The van der Waals surface area contributed by atoms with Gasteiger partial charge in [-0.15, -0.1) is 0 Å². The molecule has 0 saturated carbocycles. The minimum atomic E-state index is -0.209. The number of pyridine rings is 2. The second-order valence-corrected chi connectivity index (χ2v) is 5.81. The van der Waals surface area contributed by atoms with Gasteiger partial charge in [0.15, 0.2) is 0 Å². The molecule has 26 heavy (non-hydrogen) atoms. The van der Waals surface area contributed by atoms with E-state index >= 15 is 0 Å². The highest BCUT2D eigenvalue weighted by molar-refractivity contribution is 5.93. The Labute approximate surface area is 151 Å². The van der Waals surface area contributed by atoms with Crippen LogP contribution in [0.5, 0.6) is 5.75 Å². The summed E-state index contributed by atoms with van der Waals surface area (Å²) in [5, 5.41) is 0. The SMILES string of the molecule is COc1ccc(-n2cc(C(=O)N(C)Cc3ccccn3)ccc2=O)cc1. The highest BCUT2D eigenvalue weighted by Crippen LogP contribution is 2.14. The van der Waals surface area contributed by atoms with Crippen molar-refractivity contribution in [1.82, 2.24) is 14.5 Å². The maximum atomic E-state index is 12.7. The Morgan fingerprint density at radius 2 is 1.88 bits per heavy atom. The van der Waals surface area contributed by atoms with Crippen LogP contribution in [-0.2, 0) is 6.54 Å². The Morgan fingerprint density at radius 1 is 1.12 bits per heavy atom. The zero-order chi connectivity index (χ0) is 18.5. The summed E-state index contributed by atoms with van der Waals surface area (Å²) in [4.78, 5) is 30.7. The molecule has 0 fully saturated rings. The van der Waals surface area contributed by atoms with Gasteiger partial charge < -0.3 is 9.64 Å². The van der Waals surface area contributed by atoms with Crippen LogP contribution in [0.4, 0.5) is 0 Å². The van der Waals surface area contributed by atoms with Gasteiger partial charge in [-0.05, 0) is 42.5 Å². The van der Waals surface area contributed by atoms with Crippen LogP contribution < -0.4 is 10.3 Å². The molecule has 1 amide bonds. The summed E-state index contributed by atoms with van der Waals surface area (Å²) in [6, 6.07) is 15.6. The normalized spacial score (nSPS) is 10.4. The minimum absolute atomic E-state index is 0.182. The van der Waals surface area contributed by atoms with Gasteiger partial charge in [0.1, 0.15) is 5.75 Å². The summed E-state index contributed by atoms with van der Waals surface area (Å²) in [5.41, 5.74) is 1.68. The highest BCUT2D eigenvalue weighted by atomic mass is 16.5. The fraction of sp³-hybridized carbons (Fsp3) is 0.150. The number of nitrogens with zero attached hydrogens (tertiary/aromatic N) is 3. The average molecular weight is 349 g/mol. The van der Waals surface area contributed by atoms with E-state index in [9.17, 15) is 9.59 Å². The first-order valence-electron chi connectivity index (χ1n) is 8.11. The summed E-state index contributed by atoms with van der Waals surface area (Å²) in [6.07, 6.45) is 3.25. The Morgan fingerprint density at radius 3 is 2.54 bits per heavy atom. The predicted molar refractivity (Wildman–Crippen MR) is 98.6 cm³/mol. The summed E-state index contributed by atoms with van der Waals surface area (Å²) in [5.74, 6) is 0.516. The Balaban J connectivity index is 1.86. The fourth-order valence-electron chi connectivity index (χ4n) is 2.59. The molecule has 2 heterocycles. The molecule has 3 rings (SSSR count). The molecule has 0 unspecified atom stereocenters. The van der Waals surface area contributed by atoms with Gasteiger partial charge in [-0.25, -0.2) is 0 Å². The van der Waals surface area contributed by atoms with Crippen LogP contribution >= 0.6 is 0 Å². The highest BCUT2D eigenvalue weighted by Gasteiger charge is 2.14. The number of hydrogen-bond acceptors (Lipinski definition) is 4. The molecule has 6 nitrogen and oxygen atoms in total. The minimum Gasteiger partial charge on any atom is -0.497 e. The third kappa shape index (κ3) is 3.80. The van der Waals surface area contributed by atoms with Crippen LogP contribution in [0.2, 0.25) is 0 Å². The Bertz CT molecular complexity index is 950. The third-order valence-electron chi connectivity index (χ3n) is 3.98. The van der Waals surface area contributed by atoms with Gasteiger partial charge >= 0.3 is 0 Å². The van der Waals surface area contributed by atoms with E-state index in [2.05, 4.69) is 4.98 Å². The number of carbonyl (C=O) groups is 1. The summed E-state index contributed by atoms with van der Waals surface area (Å²) >= 11 is 0. The molecule has 3 aromatic rings. The first-order valence-corrected chi connectivity index (χ1v) is 8.11. The predicted octanol–water partition coefficient (Wildman–Crippen LogP) is 2.51. The number of rotatable bonds is 5. The van der Waals surface area contributed by atoms with Crippen LogP contribution in [0.25, 0.3) is 5.69 Å². The zero-order valence-electron chi connectivity index (χ0n) is 14.6. The van der Waals surface area contributed by atoms with E-state index in [1.807, 2.05) is 18.2 Å². The molecule has 0 aliphatic rings. The van der Waals surface area contributed by atoms with Crippen molar-refractivity contribution in [3.8, 4) is 11.4 Å². The number of aromatic nitrogens is 2. The molecule has 0 bridgehead atoms. The van der Waals surface area contributed by atoms with Crippen molar-refractivity contribution in [3.05, 3.63) is 88.6 Å². The number of amides is 1. The molecule has 6 heteroatoms. The van der Waals surface area contributed by atoms with Gasteiger partial charge in [-0.3, -0.25) is 19.1 Å². The largest absolute Gasteiger partial charge is 0.497 e. The molecule has 2 aromatic heterocycles. The number of carbonyl (C=O) groups excluding carboxylic acids is 1. The first kappa shape index (κ1) is 17.4. The van der Waals surface area contributed by atoms with Gasteiger partial charge in [-0.1, -0.05) is 6.07 Å². The van der Waals surface area contributed by atoms with Crippen LogP contribution in [0.3, 0.4) is 0 Å². The molecule has 0 spiro atoms. The molecular formula is C20H19N3O3. The smallest absolute Gasteiger partial charge is 0.255 e. The summed E-state index contributed by atoms with van der Waals surface area (Å²) in [6.45, 7) is 0.390. The Kier molecular flexibility index (Phi) is 5.12. The van der Waals surface area contributed by atoms with Crippen molar-refractivity contribution in [2.75, 3.05) is 14.2 Å². The van der Waals surface area contributed by atoms with Crippen molar-refractivity contribution < 1.29 is 9.53 Å². The third-order valence-corrected chi connectivity index (χ3v) is 3.98. The summed E-state index contributed by atoms with van der Waals surface area (Å²) in [7, 11) is 3.29. The van der Waals surface area contributed by atoms with Gasteiger partial charge in [0.25, 0.3) is 11.5 Å². The first-order chi connectivity index (χ1) is 12.6. The van der Waals surface area contributed by atoms with Gasteiger partial charge in [0.2, 0.25) is 0 Å². The number of hydrogen-bond donors (Lipinski definition) is 0. The molecule has 0 saturated heterocycles. The molecule has 0 atom stereocenters. The summed E-state index contributed by atoms with van der Waals surface area (Å²) < 4.78 is 6.58. The quantitative estimate of drug-likeness (QED) is 0.710. The van der Waals surface area contributed by atoms with E-state index in [-0.39, 0.29) is 11.5 Å². The molecule has 0 N–H and O–H groups in total. The van der Waals surface area contributed by atoms with Crippen LogP contribution in [-0.4, -0.2) is 34.5 Å². The zero-order valence-corrected chi connectivity index (χ0v) is 14.6. The number of methoxy groups -OCH3 is 1. The van der Waals surface area contributed by atoms with E-state index in [0.29, 0.717) is 23.5 Å². The standard InChI is InChI=1S/C20H19N3O3/c1-22(14-16-5-3-4-12-21-16)20(25)15-6-11-19(24)23(13-15)17-7-9-18(26-2)10-8-17/h3-13H,14H2,1-2H3. The molecular weight excluding hydrogens is 330 g/mol. The monoisotopic (exact) mass is 349 g/mol. The van der Waals surface area contributed by atoms with Crippen LogP contribution in [0, 0.1) is 0 Å². The lowest BCUT2D eigenvalue weighted by Gasteiger charge is -2.17. The van der Waals surface area contributed by atoms with Crippen molar-refractivity contribution in [2.24, 2.45) is 0 Å². The second-order valence-electron chi connectivity index (χ2n) is 5.81. The van der Waals surface area contributed by atoms with E-state index in [1.165, 1.54) is 10.6 Å². The van der Waals surface area contributed by atoms with Crippen molar-refractivity contribution in [3.63, 3.8) is 0 Å². The maximum Gasteiger partial charge on any atom is 0.255 e. The molecule has 1 aromatic carbocycles. The maximum absolute atomic E-state index is 12.7. The van der Waals surface area contributed by atoms with E-state index in [1.54, 1.807) is 61.8 Å². The molecule has 132 valence electrons. The lowest BCUT2D eigenvalue weighted by Crippen LogP contribution is -2.28. The van der Waals surface area contributed by atoms with Crippen LogP contribution in [0.15, 0.2) is 71.8 Å². The van der Waals surface area contributed by atoms with Crippen molar-refractivity contribution in [1.29, 1.82) is 0 Å². The second kappa shape index (κ2) is 7.65. The topological polar surface area (TPSA) is 64.4 Å². The van der Waals surface area contributed by atoms with E-state index < -0.39 is 0 Å². The van der Waals surface area contributed by atoms with Gasteiger partial charge in [0.05, 0.1) is 24.9 Å². The molecule has 0 aliphatic carbocycles. The Hall–Kier alpha value is -3.41. The van der Waals surface area contributed by atoms with Crippen molar-refractivity contribution in [2.45, 2.75) is 6.54 Å². The van der Waals surface area contributed by atoms with E-state index in [4.69, 9.17) is 4.74 Å². The lowest BCUT2D eigenvalue weighted by atomic mass is 10.2. The fourth-order valence-corrected chi connectivity index (χ4v) is 2.59. The average Bonchev–Trinajstić information content (AvgIpc) is 2.68. The lowest BCUT2D eigenvalue weighted by molar-refractivity contribution is 0.0782. The number of ether oxygens (including phenoxy) is 1. The number of benzene rings is 1. The van der Waals surface area contributed by atoms with Crippen molar-refractivity contribution >= 4 is 5.91 Å². The van der Waals surface area contributed by atoms with Gasteiger partial charge in [0, 0.05) is 31.2 Å². The molecule has 0 radical (unpaired) electrons. The van der Waals surface area contributed by atoms with Crippen LogP contribution in [0.1, 0.15) is 16.1 Å². The van der Waals surface area contributed by atoms with E-state index in [0.717, 1.165) is 5.69 Å².